The topological polar surface area (TPSA) is 47.9 Å². The first-order valence-electron chi connectivity index (χ1n) is 9.21. The van der Waals surface area contributed by atoms with Gasteiger partial charge in [0.25, 0.3) is 0 Å². The number of halogens is 3. The van der Waals surface area contributed by atoms with E-state index in [-0.39, 0.29) is 18.0 Å². The highest BCUT2D eigenvalue weighted by Gasteiger charge is 2.32. The first-order chi connectivity index (χ1) is 14.4. The fourth-order valence-electron chi connectivity index (χ4n) is 3.12. The van der Waals surface area contributed by atoms with Gasteiger partial charge in [-0.1, -0.05) is 24.3 Å². The van der Waals surface area contributed by atoms with E-state index in [1.54, 1.807) is 55.5 Å². The molecule has 0 N–H and O–H groups in total. The zero-order valence-electron chi connectivity index (χ0n) is 15.9. The number of para-hydroxylation sites is 1. The summed E-state index contributed by atoms with van der Waals surface area (Å²) < 4.78 is 50.4. The third-order valence-corrected chi connectivity index (χ3v) is 4.55. The molecular formula is C23H16F3NO3. The first-order valence-corrected chi connectivity index (χ1v) is 9.21. The van der Waals surface area contributed by atoms with Crippen LogP contribution in [0.25, 0.3) is 0 Å². The van der Waals surface area contributed by atoms with E-state index in [4.69, 9.17) is 9.47 Å². The molecule has 0 aliphatic carbocycles. The summed E-state index contributed by atoms with van der Waals surface area (Å²) in [5.74, 6) is 0.258. The average Bonchev–Trinajstić information content (AvgIpc) is 2.89. The van der Waals surface area contributed by atoms with Gasteiger partial charge in [0.05, 0.1) is 23.4 Å². The third kappa shape index (κ3) is 3.78. The number of carbonyl (C=O) groups is 1. The zero-order valence-corrected chi connectivity index (χ0v) is 15.9. The summed E-state index contributed by atoms with van der Waals surface area (Å²) >= 11 is 0. The van der Waals surface area contributed by atoms with Gasteiger partial charge in [0.2, 0.25) is 0 Å². The van der Waals surface area contributed by atoms with E-state index in [1.807, 2.05) is 0 Å². The zero-order chi connectivity index (χ0) is 21.3. The minimum absolute atomic E-state index is 0.0745. The predicted octanol–water partition coefficient (Wildman–Crippen LogP) is 6.16. The SMILES string of the molecule is CCOC(=O)c1ccc(C2=Nc3cc(C(F)(F)F)ccc3Oc3ccccc32)cc1. The van der Waals surface area contributed by atoms with Crippen LogP contribution < -0.4 is 4.74 Å². The van der Waals surface area contributed by atoms with Gasteiger partial charge in [-0.05, 0) is 49.4 Å². The molecule has 0 amide bonds. The van der Waals surface area contributed by atoms with E-state index >= 15 is 0 Å². The van der Waals surface area contributed by atoms with Crippen molar-refractivity contribution >= 4 is 17.4 Å². The maximum absolute atomic E-state index is 13.2. The Morgan fingerprint density at radius 2 is 1.73 bits per heavy atom. The van der Waals surface area contributed by atoms with Crippen LogP contribution in [0.5, 0.6) is 11.5 Å². The smallest absolute Gasteiger partial charge is 0.416 e. The van der Waals surface area contributed by atoms with Crippen molar-refractivity contribution in [1.82, 2.24) is 0 Å². The standard InChI is InChI=1S/C23H16F3NO3/c1-2-29-22(28)15-9-7-14(8-10-15)21-17-5-3-4-6-19(17)30-20-12-11-16(23(24,25)26)13-18(20)27-21/h3-13H,2H2,1H3. The van der Waals surface area contributed by atoms with Crippen LogP contribution in [-0.4, -0.2) is 18.3 Å². The maximum Gasteiger partial charge on any atom is 0.416 e. The largest absolute Gasteiger partial charge is 0.462 e. The fraction of sp³-hybridized carbons (Fsp3) is 0.130. The second-order valence-electron chi connectivity index (χ2n) is 6.54. The lowest BCUT2D eigenvalue weighted by Gasteiger charge is -2.11. The summed E-state index contributed by atoms with van der Waals surface area (Å²) in [5.41, 5.74) is 1.34. The van der Waals surface area contributed by atoms with Crippen molar-refractivity contribution < 1.29 is 27.4 Å². The van der Waals surface area contributed by atoms with E-state index in [2.05, 4.69) is 4.99 Å². The molecule has 0 saturated heterocycles. The van der Waals surface area contributed by atoms with Crippen molar-refractivity contribution in [3.8, 4) is 11.5 Å². The Morgan fingerprint density at radius 1 is 1.00 bits per heavy atom. The van der Waals surface area contributed by atoms with Gasteiger partial charge in [-0.15, -0.1) is 0 Å². The Kier molecular flexibility index (Phi) is 5.03. The van der Waals surface area contributed by atoms with Crippen molar-refractivity contribution in [2.45, 2.75) is 13.1 Å². The van der Waals surface area contributed by atoms with E-state index in [0.717, 1.165) is 12.1 Å². The molecule has 0 atom stereocenters. The number of esters is 1. The minimum Gasteiger partial charge on any atom is -0.462 e. The molecule has 30 heavy (non-hydrogen) atoms. The number of carbonyl (C=O) groups excluding carboxylic acids is 1. The summed E-state index contributed by atoms with van der Waals surface area (Å²) in [7, 11) is 0. The Bertz CT molecular complexity index is 1140. The predicted molar refractivity (Wildman–Crippen MR) is 106 cm³/mol. The van der Waals surface area contributed by atoms with Crippen LogP contribution >= 0.6 is 0 Å². The minimum atomic E-state index is -4.49. The van der Waals surface area contributed by atoms with Crippen molar-refractivity contribution in [3.63, 3.8) is 0 Å². The maximum atomic E-state index is 13.2. The number of fused-ring (bicyclic) bond motifs is 2. The van der Waals surface area contributed by atoms with Crippen molar-refractivity contribution in [1.29, 1.82) is 0 Å². The normalized spacial score (nSPS) is 12.7. The van der Waals surface area contributed by atoms with Gasteiger partial charge >= 0.3 is 12.1 Å². The molecule has 0 saturated carbocycles. The van der Waals surface area contributed by atoms with E-state index in [0.29, 0.717) is 28.2 Å². The van der Waals surface area contributed by atoms with Gasteiger partial charge in [-0.3, -0.25) is 0 Å². The number of nitrogens with zero attached hydrogens (tertiary/aromatic N) is 1. The number of rotatable bonds is 3. The molecule has 0 bridgehead atoms. The number of benzene rings is 3. The Balaban J connectivity index is 1.84. The van der Waals surface area contributed by atoms with Crippen LogP contribution in [0.15, 0.2) is 71.7 Å². The number of aliphatic imine (C=N–C) groups is 1. The molecule has 0 unspecified atom stereocenters. The molecular weight excluding hydrogens is 395 g/mol. The molecule has 1 aliphatic heterocycles. The van der Waals surface area contributed by atoms with Gasteiger partial charge in [0, 0.05) is 11.1 Å². The average molecular weight is 411 g/mol. The molecule has 3 aromatic carbocycles. The van der Waals surface area contributed by atoms with Crippen LogP contribution in [0.3, 0.4) is 0 Å². The Morgan fingerprint density at radius 3 is 2.43 bits per heavy atom. The highest BCUT2D eigenvalue weighted by atomic mass is 19.4. The number of hydrogen-bond donors (Lipinski definition) is 0. The van der Waals surface area contributed by atoms with E-state index in [1.165, 1.54) is 6.07 Å². The highest BCUT2D eigenvalue weighted by molar-refractivity contribution is 6.16. The van der Waals surface area contributed by atoms with Crippen molar-refractivity contribution in [2.24, 2.45) is 4.99 Å². The summed E-state index contributed by atoms with van der Waals surface area (Å²) in [6.45, 7) is 1.98. The molecule has 1 heterocycles. The van der Waals surface area contributed by atoms with Crippen LogP contribution in [0.4, 0.5) is 18.9 Å². The molecule has 152 valence electrons. The Hall–Kier alpha value is -3.61. The van der Waals surface area contributed by atoms with Crippen LogP contribution in [0.2, 0.25) is 0 Å². The van der Waals surface area contributed by atoms with Gasteiger partial charge < -0.3 is 9.47 Å². The molecule has 0 radical (unpaired) electrons. The summed E-state index contributed by atoms with van der Waals surface area (Å²) in [4.78, 5) is 16.4. The van der Waals surface area contributed by atoms with Crippen molar-refractivity contribution in [2.75, 3.05) is 6.61 Å². The molecule has 0 spiro atoms. The summed E-state index contributed by atoms with van der Waals surface area (Å²) in [5, 5.41) is 0. The first kappa shape index (κ1) is 19.7. The summed E-state index contributed by atoms with van der Waals surface area (Å²) in [6.07, 6.45) is -4.49. The van der Waals surface area contributed by atoms with Crippen LogP contribution in [0, 0.1) is 0 Å². The summed E-state index contributed by atoms with van der Waals surface area (Å²) in [6, 6.07) is 16.8. The molecule has 4 rings (SSSR count). The lowest BCUT2D eigenvalue weighted by atomic mass is 10.00. The molecule has 4 nitrogen and oxygen atoms in total. The van der Waals surface area contributed by atoms with E-state index < -0.39 is 17.7 Å². The van der Waals surface area contributed by atoms with Gasteiger partial charge in [0.1, 0.15) is 11.4 Å². The number of ether oxygens (including phenoxy) is 2. The van der Waals surface area contributed by atoms with Gasteiger partial charge in [0.15, 0.2) is 5.75 Å². The number of hydrogen-bond acceptors (Lipinski definition) is 4. The number of alkyl halides is 3. The van der Waals surface area contributed by atoms with Crippen molar-refractivity contribution in [3.05, 3.63) is 89.0 Å². The molecule has 1 aliphatic rings. The van der Waals surface area contributed by atoms with Gasteiger partial charge in [-0.25, -0.2) is 9.79 Å². The second-order valence-corrected chi connectivity index (χ2v) is 6.54. The third-order valence-electron chi connectivity index (χ3n) is 4.55. The quantitative estimate of drug-likeness (QED) is 0.380. The molecule has 7 heteroatoms. The van der Waals surface area contributed by atoms with Crippen LogP contribution in [-0.2, 0) is 10.9 Å². The van der Waals surface area contributed by atoms with E-state index in [9.17, 15) is 18.0 Å². The van der Waals surface area contributed by atoms with Crippen LogP contribution in [0.1, 0.15) is 34.0 Å². The lowest BCUT2D eigenvalue weighted by molar-refractivity contribution is -0.137. The van der Waals surface area contributed by atoms with Gasteiger partial charge in [-0.2, -0.15) is 13.2 Å². The molecule has 3 aromatic rings. The second kappa shape index (κ2) is 7.67. The monoisotopic (exact) mass is 411 g/mol. The lowest BCUT2D eigenvalue weighted by Crippen LogP contribution is -2.07. The molecule has 0 fully saturated rings. The fourth-order valence-corrected chi connectivity index (χ4v) is 3.12. The highest BCUT2D eigenvalue weighted by Crippen LogP contribution is 2.42. The molecule has 0 aromatic heterocycles. The Labute approximate surface area is 170 Å².